The number of unbranched alkanes of at least 4 members (excludes halogenated alkanes) is 2. The lowest BCUT2D eigenvalue weighted by molar-refractivity contribution is -0.870. The number of hydrogen-bond donors (Lipinski definition) is 4. The molecule has 14 nitrogen and oxygen atoms in total. The van der Waals surface area contributed by atoms with Gasteiger partial charge in [0.2, 0.25) is 11.9 Å². The smallest absolute Gasteiger partial charge is 0.225 e. The van der Waals surface area contributed by atoms with E-state index >= 15 is 0 Å². The van der Waals surface area contributed by atoms with Crippen molar-refractivity contribution in [3.63, 3.8) is 0 Å². The number of para-hydroxylation sites is 1. The van der Waals surface area contributed by atoms with E-state index in [1.165, 1.54) is 42.8 Å². The fraction of sp³-hybridized carbons (Fsp3) is 0.622. The van der Waals surface area contributed by atoms with Crippen LogP contribution in [0.3, 0.4) is 0 Å². The molecular weight excluding hydrogens is 745 g/mol. The number of amides is 1. The maximum atomic E-state index is 12.5. The van der Waals surface area contributed by atoms with Crippen molar-refractivity contribution in [3.8, 4) is 17.0 Å². The van der Waals surface area contributed by atoms with E-state index in [9.17, 15) is 9.90 Å². The monoisotopic (exact) mass is 810 g/mol. The van der Waals surface area contributed by atoms with E-state index in [1.54, 1.807) is 6.07 Å². The lowest BCUT2D eigenvalue weighted by Gasteiger charge is -2.58. The van der Waals surface area contributed by atoms with Gasteiger partial charge < -0.3 is 44.5 Å². The van der Waals surface area contributed by atoms with Gasteiger partial charge in [0, 0.05) is 79.7 Å². The van der Waals surface area contributed by atoms with Crippen LogP contribution in [0.15, 0.2) is 42.7 Å². The molecule has 8 rings (SSSR count). The Morgan fingerprint density at radius 1 is 0.966 bits per heavy atom. The number of hydrogen-bond acceptors (Lipinski definition) is 11. The minimum Gasteiger partial charge on any atom is -0.507 e. The number of anilines is 1. The number of carbonyl (C=O) groups is 1. The Labute approximate surface area is 349 Å². The number of likely N-dealkylation sites (tertiary alicyclic amines) is 1. The summed E-state index contributed by atoms with van der Waals surface area (Å²) in [5.41, 5.74) is 6.29. The van der Waals surface area contributed by atoms with Gasteiger partial charge in [0.15, 0.2) is 5.65 Å². The Balaban J connectivity index is 0.875. The molecule has 1 aromatic carbocycles. The number of benzene rings is 1. The zero-order chi connectivity index (χ0) is 40.8. The van der Waals surface area contributed by atoms with Crippen molar-refractivity contribution >= 4 is 22.9 Å². The standard InChI is InChI=1S/C45H64N10O4/c1-55(2,3)20-22-59-24-23-58-21-15-41(57)47-16-8-4-5-10-39-42-36-25-38(35-9-6-7-11-40(35)56)51-52-43(36)50-37(42)14-19-54(39)44-48-28-33(29-49-44)32-12-17-53(18-13-32)34-26-45(27-34)30-46-31-45/h6-7,9,11,25,28-29,32,34,39,46H,4-5,8,10,12-24,26-27,30-31H2,1-3H3,(H2-,47,50,51,52,56,57)/p+1. The van der Waals surface area contributed by atoms with Crippen molar-refractivity contribution in [1.82, 2.24) is 40.7 Å². The third kappa shape index (κ3) is 10.1. The molecule has 59 heavy (non-hydrogen) atoms. The highest BCUT2D eigenvalue weighted by Crippen LogP contribution is 2.48. The molecule has 4 aliphatic rings. The molecule has 1 atom stereocenters. The van der Waals surface area contributed by atoms with Gasteiger partial charge in [0.05, 0.1) is 59.3 Å². The fourth-order valence-corrected chi connectivity index (χ4v) is 9.58. The van der Waals surface area contributed by atoms with E-state index in [0.29, 0.717) is 62.0 Å². The SMILES string of the molecule is C[N+](C)(C)CCOCCOCCC(=O)NCCCCCC1c2c([nH]c3nnc(-c4ccccc4O)cc23)CCN1c1ncc(C2CCN(C3CC4(CNC4)C3)CC2)cn1. The lowest BCUT2D eigenvalue weighted by Crippen LogP contribution is -2.65. The molecule has 4 aromatic rings. The summed E-state index contributed by atoms with van der Waals surface area (Å²) in [6.07, 6.45) is 14.1. The van der Waals surface area contributed by atoms with Gasteiger partial charge in [-0.25, -0.2) is 9.97 Å². The second-order valence-corrected chi connectivity index (χ2v) is 18.5. The van der Waals surface area contributed by atoms with E-state index in [1.807, 2.05) is 18.2 Å². The molecule has 3 aliphatic heterocycles. The molecule has 1 saturated carbocycles. The summed E-state index contributed by atoms with van der Waals surface area (Å²) in [5, 5.41) is 27.3. The van der Waals surface area contributed by atoms with Gasteiger partial charge in [0.25, 0.3) is 0 Å². The molecule has 0 radical (unpaired) electrons. The highest BCUT2D eigenvalue weighted by molar-refractivity contribution is 5.86. The first-order valence-corrected chi connectivity index (χ1v) is 22.1. The normalized spacial score (nSPS) is 19.8. The van der Waals surface area contributed by atoms with E-state index in [2.05, 4.69) is 75.2 Å². The minimum absolute atomic E-state index is 0.0170. The van der Waals surface area contributed by atoms with Gasteiger partial charge in [-0.1, -0.05) is 25.0 Å². The first-order chi connectivity index (χ1) is 28.6. The highest BCUT2D eigenvalue weighted by Gasteiger charge is 2.50. The van der Waals surface area contributed by atoms with Gasteiger partial charge in [-0.2, -0.15) is 0 Å². The summed E-state index contributed by atoms with van der Waals surface area (Å²) in [6, 6.07) is 10.1. The molecule has 2 saturated heterocycles. The molecule has 3 fully saturated rings. The summed E-state index contributed by atoms with van der Waals surface area (Å²) in [6.45, 7) is 9.26. The first-order valence-electron chi connectivity index (χ1n) is 22.1. The molecule has 1 aliphatic carbocycles. The number of phenolic OH excluding ortho intramolecular Hbond substituents is 1. The number of piperidine rings is 1. The molecule has 4 N–H and O–H groups in total. The summed E-state index contributed by atoms with van der Waals surface area (Å²) < 4.78 is 12.1. The number of phenols is 1. The number of H-pyrrole nitrogens is 1. The number of rotatable bonds is 19. The third-order valence-corrected chi connectivity index (χ3v) is 13.2. The molecular formula is C45H65N10O4+. The fourth-order valence-electron chi connectivity index (χ4n) is 9.58. The van der Waals surface area contributed by atoms with Crippen molar-refractivity contribution in [2.24, 2.45) is 5.41 Å². The zero-order valence-corrected chi connectivity index (χ0v) is 35.4. The summed E-state index contributed by atoms with van der Waals surface area (Å²) >= 11 is 0. The van der Waals surface area contributed by atoms with Crippen LogP contribution in [0.5, 0.6) is 5.75 Å². The Morgan fingerprint density at radius 3 is 2.46 bits per heavy atom. The Bertz CT molecular complexity index is 2000. The maximum Gasteiger partial charge on any atom is 0.225 e. The van der Waals surface area contributed by atoms with Crippen LogP contribution in [0.1, 0.15) is 86.6 Å². The van der Waals surface area contributed by atoms with E-state index in [-0.39, 0.29) is 17.7 Å². The molecule has 14 heteroatoms. The number of likely N-dealkylation sites (N-methyl/N-ethyl adjacent to an activating group) is 1. The molecule has 1 amide bonds. The second kappa shape index (κ2) is 18.6. The topological polar surface area (TPSA) is 154 Å². The lowest BCUT2D eigenvalue weighted by atomic mass is 9.61. The number of aromatic nitrogens is 5. The van der Waals surface area contributed by atoms with Gasteiger partial charge in [-0.15, -0.1) is 10.2 Å². The van der Waals surface area contributed by atoms with Crippen molar-refractivity contribution < 1.29 is 23.9 Å². The Hall–Kier alpha value is -4.21. The summed E-state index contributed by atoms with van der Waals surface area (Å²) in [7, 11) is 6.43. The number of quaternary nitrogens is 1. The van der Waals surface area contributed by atoms with E-state index in [4.69, 9.17) is 19.4 Å². The van der Waals surface area contributed by atoms with Crippen molar-refractivity contribution in [2.75, 3.05) is 98.3 Å². The van der Waals surface area contributed by atoms with Crippen LogP contribution >= 0.6 is 0 Å². The van der Waals surface area contributed by atoms with Gasteiger partial charge in [0.1, 0.15) is 12.3 Å². The molecule has 1 spiro atoms. The molecule has 318 valence electrons. The van der Waals surface area contributed by atoms with Crippen LogP contribution in [0.4, 0.5) is 5.95 Å². The highest BCUT2D eigenvalue weighted by atomic mass is 16.5. The first kappa shape index (κ1) is 41.5. The van der Waals surface area contributed by atoms with Gasteiger partial charge in [-0.3, -0.25) is 4.79 Å². The second-order valence-electron chi connectivity index (χ2n) is 18.5. The number of aromatic amines is 1. The number of nitrogens with one attached hydrogen (secondary N) is 3. The quantitative estimate of drug-likeness (QED) is 0.0751. The number of fused-ring (bicyclic) bond motifs is 3. The van der Waals surface area contributed by atoms with Crippen molar-refractivity contribution in [1.29, 1.82) is 0 Å². The summed E-state index contributed by atoms with van der Waals surface area (Å²) in [5.74, 6) is 1.46. The maximum absolute atomic E-state index is 12.5. The van der Waals surface area contributed by atoms with Crippen LogP contribution in [-0.4, -0.2) is 145 Å². The van der Waals surface area contributed by atoms with Crippen LogP contribution < -0.4 is 15.5 Å². The number of nitrogens with zero attached hydrogens (tertiary/aromatic N) is 7. The van der Waals surface area contributed by atoms with Crippen molar-refractivity contribution in [3.05, 3.63) is 59.5 Å². The number of carbonyl (C=O) groups excluding carboxylic acids is 1. The number of ether oxygens (including phenoxy) is 2. The van der Waals surface area contributed by atoms with E-state index in [0.717, 1.165) is 98.6 Å². The summed E-state index contributed by atoms with van der Waals surface area (Å²) in [4.78, 5) is 31.3. The largest absolute Gasteiger partial charge is 0.507 e. The zero-order valence-electron chi connectivity index (χ0n) is 35.4. The average molecular weight is 810 g/mol. The molecule has 3 aromatic heterocycles. The average Bonchev–Trinajstić information content (AvgIpc) is 3.57. The van der Waals surface area contributed by atoms with Crippen LogP contribution in [0, 0.1) is 5.41 Å². The van der Waals surface area contributed by atoms with Gasteiger partial charge in [-0.05, 0) is 86.7 Å². The van der Waals surface area contributed by atoms with Gasteiger partial charge >= 0.3 is 0 Å². The van der Waals surface area contributed by atoms with Crippen LogP contribution in [-0.2, 0) is 20.7 Å². The van der Waals surface area contributed by atoms with Crippen LogP contribution in [0.25, 0.3) is 22.3 Å². The molecule has 0 bridgehead atoms. The third-order valence-electron chi connectivity index (χ3n) is 13.2. The number of aromatic hydroxyl groups is 1. The minimum atomic E-state index is 0.0170. The predicted octanol–water partition coefficient (Wildman–Crippen LogP) is 4.96. The molecule has 6 heterocycles. The molecule has 1 unspecified atom stereocenters. The predicted molar refractivity (Wildman–Crippen MR) is 229 cm³/mol. The van der Waals surface area contributed by atoms with Crippen molar-refractivity contribution in [2.45, 2.75) is 82.2 Å². The Morgan fingerprint density at radius 2 is 1.73 bits per heavy atom. The van der Waals surface area contributed by atoms with E-state index < -0.39 is 0 Å². The van der Waals surface area contributed by atoms with Crippen LogP contribution in [0.2, 0.25) is 0 Å². The Kier molecular flexibility index (Phi) is 13.1.